The van der Waals surface area contributed by atoms with Crippen LogP contribution in [0, 0.1) is 51.0 Å². The van der Waals surface area contributed by atoms with Crippen LogP contribution in [0.15, 0.2) is 29.2 Å². The van der Waals surface area contributed by atoms with Crippen LogP contribution in [0.1, 0.15) is 6.42 Å². The van der Waals surface area contributed by atoms with Crippen LogP contribution in [0.4, 0.5) is 5.69 Å². The molecule has 0 unspecified atom stereocenters. The number of hydrogen-bond donors (Lipinski definition) is 0. The van der Waals surface area contributed by atoms with Crippen LogP contribution in [-0.4, -0.2) is 32.0 Å². The summed E-state index contributed by atoms with van der Waals surface area (Å²) in [4.78, 5) is 22.3. The Kier molecular flexibility index (Phi) is 2.30. The summed E-state index contributed by atoms with van der Waals surface area (Å²) in [7, 11) is -2.60. The van der Waals surface area contributed by atoms with Crippen molar-refractivity contribution in [3.05, 3.63) is 34.4 Å². The molecule has 2 bridgehead atoms. The third kappa shape index (κ3) is 1.17. The highest BCUT2D eigenvalue weighted by atomic mass is 32.2. The summed E-state index contributed by atoms with van der Waals surface area (Å²) < 4.78 is 36.2. The van der Waals surface area contributed by atoms with Crippen molar-refractivity contribution < 1.29 is 27.1 Å². The Morgan fingerprint density at radius 3 is 2.31 bits per heavy atom. The quantitative estimate of drug-likeness (QED) is 0.329. The van der Waals surface area contributed by atoms with E-state index < -0.39 is 20.6 Å². The van der Waals surface area contributed by atoms with Crippen molar-refractivity contribution in [2.45, 2.75) is 16.9 Å². The maximum Gasteiger partial charge on any atom is 0.312 e. The minimum absolute atomic E-state index is 0.0720. The summed E-state index contributed by atoms with van der Waals surface area (Å²) in [5.74, 6) is 1.06. The molecule has 1 aromatic carbocycles. The molecule has 0 amide bonds. The van der Waals surface area contributed by atoms with Crippen LogP contribution >= 0.6 is 0 Å². The van der Waals surface area contributed by atoms with E-state index in [0.29, 0.717) is 12.3 Å². The molecule has 26 heavy (non-hydrogen) atoms. The number of carbonyl (C=O) groups is 1. The second kappa shape index (κ2) is 3.96. The van der Waals surface area contributed by atoms with E-state index in [0.717, 1.165) is 12.1 Å². The first-order valence-electron chi connectivity index (χ1n) is 8.59. The average molecular weight is 377 g/mol. The number of benzene rings is 1. The average Bonchev–Trinajstić information content (AvgIpc) is 2.77. The lowest BCUT2D eigenvalue weighted by Gasteiger charge is -2.90. The summed E-state index contributed by atoms with van der Waals surface area (Å²) >= 11 is 0. The lowest BCUT2D eigenvalue weighted by Crippen LogP contribution is -2.95. The molecule has 0 N–H and O–H groups in total. The predicted molar refractivity (Wildman–Crippen MR) is 84.1 cm³/mol. The van der Waals surface area contributed by atoms with Gasteiger partial charge in [0.1, 0.15) is 0 Å². The summed E-state index contributed by atoms with van der Waals surface area (Å²) in [6, 6.07) is 4.74. The second-order valence-electron chi connectivity index (χ2n) is 8.16. The number of rotatable bonds is 5. The van der Waals surface area contributed by atoms with E-state index in [2.05, 4.69) is 0 Å². The Balaban J connectivity index is 1.29. The van der Waals surface area contributed by atoms with Gasteiger partial charge in [0.15, 0.2) is 0 Å². The van der Waals surface area contributed by atoms with Gasteiger partial charge in [0, 0.05) is 12.1 Å². The molecule has 0 spiro atoms. The molecule has 6 aliphatic rings. The van der Waals surface area contributed by atoms with Gasteiger partial charge in [-0.3, -0.25) is 19.1 Å². The van der Waals surface area contributed by atoms with Gasteiger partial charge in [-0.1, -0.05) is 0 Å². The van der Waals surface area contributed by atoms with Crippen molar-refractivity contribution in [2.75, 3.05) is 7.11 Å². The van der Waals surface area contributed by atoms with E-state index in [9.17, 15) is 23.3 Å². The number of methoxy groups -OCH3 is 1. The van der Waals surface area contributed by atoms with Crippen molar-refractivity contribution in [3.8, 4) is 0 Å². The van der Waals surface area contributed by atoms with Crippen molar-refractivity contribution in [2.24, 2.45) is 40.9 Å². The summed E-state index contributed by atoms with van der Waals surface area (Å²) in [6.07, 6.45) is 0.680. The first-order chi connectivity index (χ1) is 12.3. The molecule has 0 aromatic heterocycles. The minimum Gasteiger partial charge on any atom is -0.469 e. The van der Waals surface area contributed by atoms with Gasteiger partial charge in [-0.25, -0.2) is 0 Å². The SMILES string of the molecule is COC(=O)C12C3[C@H]4[C@H]1C1CC4(OS(=O)(=O)c4ccc([N+](=O)[O-])cc4)[C@@H]3[C@@H]12. The smallest absolute Gasteiger partial charge is 0.312 e. The fourth-order valence-corrected chi connectivity index (χ4v) is 8.83. The maximum atomic E-state index is 12.7. The topological polar surface area (TPSA) is 113 Å². The fraction of sp³-hybridized carbons (Fsp3) is 0.588. The Bertz CT molecular complexity index is 980. The Morgan fingerprint density at radius 1 is 1.15 bits per heavy atom. The van der Waals surface area contributed by atoms with Gasteiger partial charge >= 0.3 is 5.97 Å². The second-order valence-corrected chi connectivity index (χ2v) is 9.71. The lowest BCUT2D eigenvalue weighted by molar-refractivity contribution is -0.460. The number of nitro groups is 1. The Labute approximate surface area is 148 Å². The third-order valence-electron chi connectivity index (χ3n) is 7.95. The zero-order valence-corrected chi connectivity index (χ0v) is 14.5. The van der Waals surface area contributed by atoms with Crippen molar-refractivity contribution in [1.82, 2.24) is 0 Å². The van der Waals surface area contributed by atoms with Crippen molar-refractivity contribution in [3.63, 3.8) is 0 Å². The van der Waals surface area contributed by atoms with Crippen LogP contribution in [0.5, 0.6) is 0 Å². The van der Waals surface area contributed by atoms with Crippen molar-refractivity contribution >= 4 is 21.8 Å². The molecule has 6 aliphatic carbocycles. The van der Waals surface area contributed by atoms with Crippen LogP contribution in [0.25, 0.3) is 0 Å². The fourth-order valence-electron chi connectivity index (χ4n) is 7.57. The number of esters is 1. The summed E-state index contributed by atoms with van der Waals surface area (Å²) in [6.45, 7) is 0. The van der Waals surface area contributed by atoms with Crippen LogP contribution in [0.2, 0.25) is 0 Å². The first-order valence-corrected chi connectivity index (χ1v) is 10.00. The number of non-ortho nitro benzene ring substituents is 1. The van der Waals surface area contributed by atoms with Gasteiger partial charge in [-0.15, -0.1) is 0 Å². The summed E-state index contributed by atoms with van der Waals surface area (Å²) in [5, 5.41) is 10.7. The molecule has 136 valence electrons. The van der Waals surface area contributed by atoms with Gasteiger partial charge in [0.25, 0.3) is 15.8 Å². The Hall–Kier alpha value is -2.00. The molecular formula is C17H15NO7S. The zero-order chi connectivity index (χ0) is 18.2. The molecule has 4 atom stereocenters. The number of ether oxygens (including phenoxy) is 1. The van der Waals surface area contributed by atoms with Gasteiger partial charge < -0.3 is 4.74 Å². The molecule has 9 heteroatoms. The normalized spacial score (nSPS) is 47.7. The number of nitro benzene ring substituents is 1. The van der Waals surface area contributed by atoms with Gasteiger partial charge in [0.2, 0.25) is 0 Å². The molecule has 0 aliphatic heterocycles. The van der Waals surface area contributed by atoms with Gasteiger partial charge in [0.05, 0.1) is 27.9 Å². The highest BCUT2D eigenvalue weighted by molar-refractivity contribution is 7.86. The lowest BCUT2D eigenvalue weighted by atomic mass is 9.12. The van der Waals surface area contributed by atoms with Crippen molar-refractivity contribution in [1.29, 1.82) is 0 Å². The van der Waals surface area contributed by atoms with E-state index in [1.54, 1.807) is 0 Å². The summed E-state index contributed by atoms with van der Waals surface area (Å²) in [5.41, 5.74) is -1.20. The minimum atomic E-state index is -4.01. The highest BCUT2D eigenvalue weighted by Crippen LogP contribution is 3.01. The van der Waals surface area contributed by atoms with Gasteiger partial charge in [-0.05, 0) is 54.1 Å². The third-order valence-corrected chi connectivity index (χ3v) is 9.33. The monoisotopic (exact) mass is 377 g/mol. The number of hydrogen-bond acceptors (Lipinski definition) is 7. The molecule has 8 nitrogen and oxygen atoms in total. The standard InChI is InChI=1S/C17H15NO7S/c1-24-15(19)17-10-9-6-16(12(10)14(17)13(16)11(9)17)25-26(22,23)8-4-2-7(3-5-8)18(20)21/h2-5,9-14H,6H2,1H3/t9?,10-,11-,12-,13-,14?,16?,17?/m1/s1. The Morgan fingerprint density at radius 2 is 1.77 bits per heavy atom. The van der Waals surface area contributed by atoms with Crippen LogP contribution in [0.3, 0.4) is 0 Å². The van der Waals surface area contributed by atoms with Crippen LogP contribution < -0.4 is 0 Å². The van der Waals surface area contributed by atoms with Gasteiger partial charge in [-0.2, -0.15) is 8.42 Å². The molecule has 7 rings (SSSR count). The first kappa shape index (κ1) is 15.1. The van der Waals surface area contributed by atoms with E-state index in [1.165, 1.54) is 19.2 Å². The molecule has 0 heterocycles. The molecule has 6 fully saturated rings. The molecule has 0 saturated heterocycles. The highest BCUT2D eigenvalue weighted by Gasteiger charge is 3.05. The van der Waals surface area contributed by atoms with E-state index in [4.69, 9.17) is 8.92 Å². The van der Waals surface area contributed by atoms with E-state index in [-0.39, 0.29) is 51.6 Å². The zero-order valence-electron chi connectivity index (χ0n) is 13.7. The molecular weight excluding hydrogens is 362 g/mol. The predicted octanol–water partition coefficient (Wildman–Crippen LogP) is 1.35. The maximum absolute atomic E-state index is 12.7. The van der Waals surface area contributed by atoms with E-state index >= 15 is 0 Å². The largest absolute Gasteiger partial charge is 0.469 e. The number of nitrogens with zero attached hydrogens (tertiary/aromatic N) is 1. The molecule has 0 radical (unpaired) electrons. The van der Waals surface area contributed by atoms with Crippen LogP contribution in [-0.2, 0) is 23.8 Å². The van der Waals surface area contributed by atoms with E-state index in [1.807, 2.05) is 0 Å². The number of carbonyl (C=O) groups excluding carboxylic acids is 1. The molecule has 6 saturated carbocycles. The molecule has 1 aromatic rings.